The fourth-order valence-corrected chi connectivity index (χ4v) is 3.86. The zero-order valence-electron chi connectivity index (χ0n) is 15.5. The van der Waals surface area contributed by atoms with Gasteiger partial charge in [0.2, 0.25) is 0 Å². The Balaban J connectivity index is 1.57. The number of hydrogen-bond donors (Lipinski definition) is 1. The van der Waals surface area contributed by atoms with E-state index in [-0.39, 0.29) is 0 Å². The van der Waals surface area contributed by atoms with Gasteiger partial charge in [-0.1, -0.05) is 73.0 Å². The number of hydrogen-bond acceptors (Lipinski definition) is 2. The molecule has 134 valence electrons. The molecule has 0 unspecified atom stereocenters. The molecule has 0 aliphatic heterocycles. The van der Waals surface area contributed by atoms with Crippen LogP contribution in [0.1, 0.15) is 42.4 Å². The van der Waals surface area contributed by atoms with Crippen molar-refractivity contribution >= 4 is 10.8 Å². The highest BCUT2D eigenvalue weighted by atomic mass is 16.5. The van der Waals surface area contributed by atoms with Gasteiger partial charge in [-0.3, -0.25) is 0 Å². The summed E-state index contributed by atoms with van der Waals surface area (Å²) in [6.07, 6.45) is 5.29. The first kappa shape index (κ1) is 17.1. The summed E-state index contributed by atoms with van der Waals surface area (Å²) in [4.78, 5) is 0. The Morgan fingerprint density at radius 2 is 1.69 bits per heavy atom. The van der Waals surface area contributed by atoms with Gasteiger partial charge in [-0.2, -0.15) is 0 Å². The SMILES string of the molecule is Cc1ccc(COc2ccc3ccccc3c2CNC2CCCC2)cc1. The molecule has 1 aliphatic carbocycles. The maximum absolute atomic E-state index is 6.25. The molecule has 3 aromatic rings. The molecule has 4 rings (SSSR count). The van der Waals surface area contributed by atoms with Gasteiger partial charge in [-0.05, 0) is 42.2 Å². The van der Waals surface area contributed by atoms with E-state index >= 15 is 0 Å². The number of aryl methyl sites for hydroxylation is 1. The van der Waals surface area contributed by atoms with E-state index < -0.39 is 0 Å². The molecule has 0 spiro atoms. The number of nitrogens with one attached hydrogen (secondary N) is 1. The molecule has 0 radical (unpaired) electrons. The molecule has 1 fully saturated rings. The van der Waals surface area contributed by atoms with Crippen LogP contribution in [0.5, 0.6) is 5.75 Å². The average Bonchev–Trinajstić information content (AvgIpc) is 3.19. The van der Waals surface area contributed by atoms with Crippen LogP contribution >= 0.6 is 0 Å². The normalized spacial score (nSPS) is 14.8. The van der Waals surface area contributed by atoms with E-state index in [1.165, 1.54) is 53.1 Å². The molecule has 1 saturated carbocycles. The summed E-state index contributed by atoms with van der Waals surface area (Å²) < 4.78 is 6.25. The number of fused-ring (bicyclic) bond motifs is 1. The summed E-state index contributed by atoms with van der Waals surface area (Å²) in [5.74, 6) is 0.995. The second-order valence-electron chi connectivity index (χ2n) is 7.40. The van der Waals surface area contributed by atoms with E-state index in [4.69, 9.17) is 4.74 Å². The third kappa shape index (κ3) is 3.91. The van der Waals surface area contributed by atoms with Crippen molar-refractivity contribution in [2.75, 3.05) is 0 Å². The predicted octanol–water partition coefficient (Wildman–Crippen LogP) is 5.76. The molecular weight excluding hydrogens is 318 g/mol. The number of ether oxygens (including phenoxy) is 1. The highest BCUT2D eigenvalue weighted by Gasteiger charge is 2.16. The Morgan fingerprint density at radius 3 is 2.50 bits per heavy atom. The minimum atomic E-state index is 0.606. The molecule has 3 aromatic carbocycles. The summed E-state index contributed by atoms with van der Waals surface area (Å²) in [7, 11) is 0. The zero-order chi connectivity index (χ0) is 17.8. The van der Waals surface area contributed by atoms with Crippen molar-refractivity contribution in [1.29, 1.82) is 0 Å². The van der Waals surface area contributed by atoms with Crippen LogP contribution in [0, 0.1) is 6.92 Å². The Bertz CT molecular complexity index is 863. The fourth-order valence-electron chi connectivity index (χ4n) is 3.86. The van der Waals surface area contributed by atoms with Gasteiger partial charge in [0, 0.05) is 18.2 Å². The lowest BCUT2D eigenvalue weighted by Gasteiger charge is -2.17. The van der Waals surface area contributed by atoms with Crippen LogP contribution in [-0.2, 0) is 13.2 Å². The Labute approximate surface area is 156 Å². The fraction of sp³-hybridized carbons (Fsp3) is 0.333. The molecule has 0 bridgehead atoms. The van der Waals surface area contributed by atoms with E-state index in [0.717, 1.165) is 12.3 Å². The smallest absolute Gasteiger partial charge is 0.124 e. The summed E-state index contributed by atoms with van der Waals surface area (Å²) in [5.41, 5.74) is 3.77. The van der Waals surface area contributed by atoms with Gasteiger partial charge in [0.25, 0.3) is 0 Å². The molecule has 0 aromatic heterocycles. The second-order valence-corrected chi connectivity index (χ2v) is 7.40. The van der Waals surface area contributed by atoms with Crippen molar-refractivity contribution in [3.8, 4) is 5.75 Å². The van der Waals surface area contributed by atoms with Crippen LogP contribution in [0.25, 0.3) is 10.8 Å². The highest BCUT2D eigenvalue weighted by Crippen LogP contribution is 2.29. The lowest BCUT2D eigenvalue weighted by Crippen LogP contribution is -2.25. The maximum Gasteiger partial charge on any atom is 0.124 e. The van der Waals surface area contributed by atoms with Crippen LogP contribution in [0.2, 0.25) is 0 Å². The third-order valence-corrected chi connectivity index (χ3v) is 5.44. The quantitative estimate of drug-likeness (QED) is 0.613. The van der Waals surface area contributed by atoms with Crippen molar-refractivity contribution in [3.05, 3.63) is 77.4 Å². The molecular formula is C24H27NO. The minimum absolute atomic E-state index is 0.606. The summed E-state index contributed by atoms with van der Waals surface area (Å²) in [6.45, 7) is 3.59. The van der Waals surface area contributed by atoms with E-state index in [1.807, 2.05) is 0 Å². The number of rotatable bonds is 6. The average molecular weight is 345 g/mol. The molecule has 0 atom stereocenters. The summed E-state index contributed by atoms with van der Waals surface area (Å²) in [6, 6.07) is 22.1. The van der Waals surface area contributed by atoms with Gasteiger partial charge in [0.15, 0.2) is 0 Å². The van der Waals surface area contributed by atoms with Crippen LogP contribution in [0.15, 0.2) is 60.7 Å². The maximum atomic E-state index is 6.25. The lowest BCUT2D eigenvalue weighted by molar-refractivity contribution is 0.302. The minimum Gasteiger partial charge on any atom is -0.489 e. The Morgan fingerprint density at radius 1 is 0.923 bits per heavy atom. The highest BCUT2D eigenvalue weighted by molar-refractivity contribution is 5.87. The summed E-state index contributed by atoms with van der Waals surface area (Å²) >= 11 is 0. The zero-order valence-corrected chi connectivity index (χ0v) is 15.5. The first-order valence-electron chi connectivity index (χ1n) is 9.72. The molecule has 0 amide bonds. The lowest BCUT2D eigenvalue weighted by atomic mass is 10.0. The summed E-state index contributed by atoms with van der Waals surface area (Å²) in [5, 5.41) is 6.32. The van der Waals surface area contributed by atoms with Gasteiger partial charge < -0.3 is 10.1 Å². The van der Waals surface area contributed by atoms with Crippen molar-refractivity contribution in [3.63, 3.8) is 0 Å². The Kier molecular flexibility index (Phi) is 5.21. The van der Waals surface area contributed by atoms with Crippen LogP contribution in [0.3, 0.4) is 0 Å². The van der Waals surface area contributed by atoms with Crippen molar-refractivity contribution in [2.24, 2.45) is 0 Å². The van der Waals surface area contributed by atoms with Gasteiger partial charge in [0.05, 0.1) is 0 Å². The van der Waals surface area contributed by atoms with Crippen molar-refractivity contribution < 1.29 is 4.74 Å². The first-order valence-corrected chi connectivity index (χ1v) is 9.72. The van der Waals surface area contributed by atoms with Gasteiger partial charge in [-0.25, -0.2) is 0 Å². The molecule has 26 heavy (non-hydrogen) atoms. The first-order chi connectivity index (χ1) is 12.8. The van der Waals surface area contributed by atoms with Crippen LogP contribution in [-0.4, -0.2) is 6.04 Å². The van der Waals surface area contributed by atoms with E-state index in [9.17, 15) is 0 Å². The molecule has 1 aliphatic rings. The molecule has 2 heteroatoms. The monoisotopic (exact) mass is 345 g/mol. The van der Waals surface area contributed by atoms with Gasteiger partial charge in [0.1, 0.15) is 12.4 Å². The van der Waals surface area contributed by atoms with E-state index in [2.05, 4.69) is 72.9 Å². The largest absolute Gasteiger partial charge is 0.489 e. The standard InChI is InChI=1S/C24H27NO/c1-18-10-12-19(13-11-18)17-26-24-15-14-20-6-2-5-9-22(20)23(24)16-25-21-7-3-4-8-21/h2,5-6,9-15,21,25H,3-4,7-8,16-17H2,1H3. The topological polar surface area (TPSA) is 21.3 Å². The molecule has 1 N–H and O–H groups in total. The third-order valence-electron chi connectivity index (χ3n) is 5.44. The molecule has 0 heterocycles. The van der Waals surface area contributed by atoms with E-state index in [1.54, 1.807) is 0 Å². The molecule has 2 nitrogen and oxygen atoms in total. The van der Waals surface area contributed by atoms with Gasteiger partial charge in [-0.15, -0.1) is 0 Å². The number of benzene rings is 3. The predicted molar refractivity (Wildman–Crippen MR) is 109 cm³/mol. The second kappa shape index (κ2) is 7.92. The Hall–Kier alpha value is -2.32. The van der Waals surface area contributed by atoms with Crippen molar-refractivity contribution in [1.82, 2.24) is 5.32 Å². The molecule has 0 saturated heterocycles. The van der Waals surface area contributed by atoms with Gasteiger partial charge >= 0.3 is 0 Å². The van der Waals surface area contributed by atoms with Crippen LogP contribution < -0.4 is 10.1 Å². The van der Waals surface area contributed by atoms with Crippen LogP contribution in [0.4, 0.5) is 0 Å². The van der Waals surface area contributed by atoms with E-state index in [0.29, 0.717) is 12.6 Å². The van der Waals surface area contributed by atoms with Crippen molar-refractivity contribution in [2.45, 2.75) is 51.8 Å².